The maximum absolute atomic E-state index is 13.0. The number of ether oxygens (including phenoxy) is 1. The summed E-state index contributed by atoms with van der Waals surface area (Å²) in [5.41, 5.74) is 0.896. The summed E-state index contributed by atoms with van der Waals surface area (Å²) in [6, 6.07) is 10.1. The molecule has 0 N–H and O–H groups in total. The zero-order valence-electron chi connectivity index (χ0n) is 16.5. The quantitative estimate of drug-likeness (QED) is 0.732. The third-order valence-corrected chi connectivity index (χ3v) is 4.86. The van der Waals surface area contributed by atoms with E-state index in [1.165, 1.54) is 0 Å². The van der Waals surface area contributed by atoms with Gasteiger partial charge in [-0.3, -0.25) is 14.5 Å². The minimum absolute atomic E-state index is 0.0238. The number of hydrogen-bond acceptors (Lipinski definition) is 4. The molecule has 1 heterocycles. The van der Waals surface area contributed by atoms with Gasteiger partial charge in [-0.2, -0.15) is 0 Å². The minimum Gasteiger partial charge on any atom is -0.466 e. The van der Waals surface area contributed by atoms with Crippen molar-refractivity contribution in [3.63, 3.8) is 0 Å². The fraction of sp³-hybridized carbons (Fsp3) is 0.619. The van der Waals surface area contributed by atoms with Crippen LogP contribution in [0.5, 0.6) is 0 Å². The topological polar surface area (TPSA) is 49.9 Å². The van der Waals surface area contributed by atoms with Crippen LogP contribution in [0.3, 0.4) is 0 Å². The van der Waals surface area contributed by atoms with E-state index in [1.807, 2.05) is 30.0 Å². The maximum atomic E-state index is 13.0. The number of carbonyl (C=O) groups excluding carboxylic acids is 2. The van der Waals surface area contributed by atoms with E-state index in [2.05, 4.69) is 37.8 Å². The Kier molecular flexibility index (Phi) is 7.21. The molecule has 0 aliphatic carbocycles. The van der Waals surface area contributed by atoms with Gasteiger partial charge in [0.2, 0.25) is 5.91 Å². The van der Waals surface area contributed by atoms with Crippen LogP contribution in [0.2, 0.25) is 0 Å². The van der Waals surface area contributed by atoms with Gasteiger partial charge in [-0.15, -0.1) is 0 Å². The predicted molar refractivity (Wildman–Crippen MR) is 103 cm³/mol. The summed E-state index contributed by atoms with van der Waals surface area (Å²) in [6.07, 6.45) is 1.53. The van der Waals surface area contributed by atoms with E-state index >= 15 is 0 Å². The number of amides is 1. The molecule has 0 bridgehead atoms. The molecule has 0 unspecified atom stereocenters. The first-order valence-electron chi connectivity index (χ1n) is 9.54. The molecule has 26 heavy (non-hydrogen) atoms. The van der Waals surface area contributed by atoms with Crippen LogP contribution in [0.1, 0.15) is 46.1 Å². The van der Waals surface area contributed by atoms with Gasteiger partial charge in [0, 0.05) is 12.1 Å². The molecule has 0 radical (unpaired) electrons. The molecule has 0 spiro atoms. The number of piperidine rings is 1. The summed E-state index contributed by atoms with van der Waals surface area (Å²) < 4.78 is 5.11. The van der Waals surface area contributed by atoms with Crippen molar-refractivity contribution in [1.82, 2.24) is 9.80 Å². The van der Waals surface area contributed by atoms with Crippen LogP contribution in [-0.2, 0) is 20.9 Å². The number of likely N-dealkylation sites (tertiary alicyclic amines) is 1. The van der Waals surface area contributed by atoms with Crippen molar-refractivity contribution in [2.24, 2.45) is 5.92 Å². The molecule has 1 aliphatic heterocycles. The lowest BCUT2D eigenvalue weighted by molar-refractivity contribution is -0.149. The average molecular weight is 360 g/mol. The van der Waals surface area contributed by atoms with Gasteiger partial charge in [-0.25, -0.2) is 0 Å². The Hall–Kier alpha value is -1.88. The fourth-order valence-electron chi connectivity index (χ4n) is 3.33. The van der Waals surface area contributed by atoms with Crippen molar-refractivity contribution < 1.29 is 14.3 Å². The summed E-state index contributed by atoms with van der Waals surface area (Å²) in [7, 11) is 0. The van der Waals surface area contributed by atoms with Gasteiger partial charge in [0.1, 0.15) is 0 Å². The summed E-state index contributed by atoms with van der Waals surface area (Å²) in [5.74, 6) is 0.0131. The molecule has 1 aromatic carbocycles. The SMILES string of the molecule is CCOC(=O)C1CCN(CC(=O)N(Cc2ccccc2)C(C)(C)C)CC1. The third kappa shape index (κ3) is 5.84. The molecule has 0 aromatic heterocycles. The number of esters is 1. The van der Waals surface area contributed by atoms with E-state index in [4.69, 9.17) is 4.74 Å². The first-order chi connectivity index (χ1) is 12.3. The van der Waals surface area contributed by atoms with Crippen LogP contribution in [0.15, 0.2) is 30.3 Å². The number of carbonyl (C=O) groups is 2. The highest BCUT2D eigenvalue weighted by molar-refractivity contribution is 5.79. The minimum atomic E-state index is -0.240. The standard InChI is InChI=1S/C21H32N2O3/c1-5-26-20(25)18-11-13-22(14-12-18)16-19(24)23(21(2,3)4)15-17-9-7-6-8-10-17/h6-10,18H,5,11-16H2,1-4H3. The van der Waals surface area contributed by atoms with Crippen LogP contribution in [-0.4, -0.2) is 53.5 Å². The summed E-state index contributed by atoms with van der Waals surface area (Å²) in [6.45, 7) is 11.0. The lowest BCUT2D eigenvalue weighted by Gasteiger charge is -2.38. The van der Waals surface area contributed by atoms with E-state index in [-0.39, 0.29) is 23.3 Å². The molecule has 1 aliphatic rings. The van der Waals surface area contributed by atoms with Gasteiger partial charge in [0.15, 0.2) is 0 Å². The lowest BCUT2D eigenvalue weighted by Crippen LogP contribution is -2.50. The summed E-state index contributed by atoms with van der Waals surface area (Å²) in [4.78, 5) is 28.9. The van der Waals surface area contributed by atoms with Crippen LogP contribution >= 0.6 is 0 Å². The number of benzene rings is 1. The molecule has 1 aromatic rings. The first-order valence-corrected chi connectivity index (χ1v) is 9.54. The highest BCUT2D eigenvalue weighted by Crippen LogP contribution is 2.21. The predicted octanol–water partition coefficient (Wildman–Crippen LogP) is 3.09. The normalized spacial score (nSPS) is 16.3. The Bertz CT molecular complexity index is 587. The second kappa shape index (κ2) is 9.17. The summed E-state index contributed by atoms with van der Waals surface area (Å²) in [5, 5.41) is 0. The fourth-order valence-corrected chi connectivity index (χ4v) is 3.33. The van der Waals surface area contributed by atoms with Gasteiger partial charge < -0.3 is 9.64 Å². The van der Waals surface area contributed by atoms with Crippen LogP contribution in [0.25, 0.3) is 0 Å². The average Bonchev–Trinajstić information content (AvgIpc) is 2.60. The highest BCUT2D eigenvalue weighted by Gasteiger charge is 2.30. The van der Waals surface area contributed by atoms with E-state index in [9.17, 15) is 9.59 Å². The second-order valence-corrected chi connectivity index (χ2v) is 7.94. The van der Waals surface area contributed by atoms with Crippen LogP contribution in [0, 0.1) is 5.92 Å². The molecule has 5 nitrogen and oxygen atoms in total. The molecule has 144 valence electrons. The number of rotatable bonds is 6. The molecule has 5 heteroatoms. The summed E-state index contributed by atoms with van der Waals surface area (Å²) >= 11 is 0. The molecular formula is C21H32N2O3. The molecule has 1 fully saturated rings. The molecule has 0 atom stereocenters. The molecule has 1 amide bonds. The Labute approximate surface area is 157 Å². The smallest absolute Gasteiger partial charge is 0.309 e. The van der Waals surface area contributed by atoms with E-state index in [0.29, 0.717) is 19.7 Å². The zero-order chi connectivity index (χ0) is 19.2. The first kappa shape index (κ1) is 20.4. The van der Waals surface area contributed by atoms with E-state index in [0.717, 1.165) is 31.5 Å². The van der Waals surface area contributed by atoms with Crippen molar-refractivity contribution in [3.05, 3.63) is 35.9 Å². The Morgan fingerprint density at radius 1 is 1.15 bits per heavy atom. The van der Waals surface area contributed by atoms with Crippen LogP contribution in [0.4, 0.5) is 0 Å². The van der Waals surface area contributed by atoms with Gasteiger partial charge in [-0.05, 0) is 59.2 Å². The van der Waals surface area contributed by atoms with Gasteiger partial charge in [0.05, 0.1) is 19.1 Å². The molecular weight excluding hydrogens is 328 g/mol. The number of hydrogen-bond donors (Lipinski definition) is 0. The van der Waals surface area contributed by atoms with Crippen molar-refractivity contribution in [2.75, 3.05) is 26.2 Å². The van der Waals surface area contributed by atoms with Gasteiger partial charge >= 0.3 is 5.97 Å². The Morgan fingerprint density at radius 2 is 1.77 bits per heavy atom. The van der Waals surface area contributed by atoms with E-state index in [1.54, 1.807) is 0 Å². The van der Waals surface area contributed by atoms with Crippen molar-refractivity contribution >= 4 is 11.9 Å². The monoisotopic (exact) mass is 360 g/mol. The van der Waals surface area contributed by atoms with Crippen molar-refractivity contribution in [3.8, 4) is 0 Å². The second-order valence-electron chi connectivity index (χ2n) is 7.94. The molecule has 0 saturated carbocycles. The molecule has 1 saturated heterocycles. The highest BCUT2D eigenvalue weighted by atomic mass is 16.5. The molecule has 2 rings (SSSR count). The largest absolute Gasteiger partial charge is 0.466 e. The van der Waals surface area contributed by atoms with Crippen molar-refractivity contribution in [1.29, 1.82) is 0 Å². The zero-order valence-corrected chi connectivity index (χ0v) is 16.5. The number of nitrogens with zero attached hydrogens (tertiary/aromatic N) is 2. The van der Waals surface area contributed by atoms with Gasteiger partial charge in [0.25, 0.3) is 0 Å². The van der Waals surface area contributed by atoms with Crippen LogP contribution < -0.4 is 0 Å². The van der Waals surface area contributed by atoms with E-state index < -0.39 is 0 Å². The lowest BCUT2D eigenvalue weighted by atomic mass is 9.97. The Morgan fingerprint density at radius 3 is 2.31 bits per heavy atom. The Balaban J connectivity index is 1.92. The maximum Gasteiger partial charge on any atom is 0.309 e. The van der Waals surface area contributed by atoms with Crippen molar-refractivity contribution in [2.45, 2.75) is 52.6 Å². The third-order valence-electron chi connectivity index (χ3n) is 4.86. The van der Waals surface area contributed by atoms with Gasteiger partial charge in [-0.1, -0.05) is 30.3 Å².